The Labute approximate surface area is 183 Å². The Bertz CT molecular complexity index is 1250. The molecule has 3 rings (SSSR count). The third kappa shape index (κ3) is 5.31. The van der Waals surface area contributed by atoms with Gasteiger partial charge < -0.3 is 25.5 Å². The lowest BCUT2D eigenvalue weighted by Gasteiger charge is -2.10. The van der Waals surface area contributed by atoms with Crippen LogP contribution in [0.4, 0.5) is 5.69 Å². The Hall–Kier alpha value is -4.14. The fourth-order valence-electron chi connectivity index (χ4n) is 3.26. The van der Waals surface area contributed by atoms with Gasteiger partial charge in [-0.1, -0.05) is 6.07 Å². The number of aryl methyl sites for hydroxylation is 1. The maximum absolute atomic E-state index is 12.4. The van der Waals surface area contributed by atoms with Crippen LogP contribution in [0.2, 0.25) is 0 Å². The summed E-state index contributed by atoms with van der Waals surface area (Å²) in [5.74, 6) is -0.887. The van der Waals surface area contributed by atoms with E-state index in [0.29, 0.717) is 22.6 Å². The molecule has 32 heavy (non-hydrogen) atoms. The molecule has 9 nitrogen and oxygen atoms in total. The van der Waals surface area contributed by atoms with E-state index in [4.69, 9.17) is 14.9 Å². The highest BCUT2D eigenvalue weighted by Gasteiger charge is 2.14. The van der Waals surface area contributed by atoms with E-state index in [-0.39, 0.29) is 30.9 Å². The van der Waals surface area contributed by atoms with Gasteiger partial charge in [-0.15, -0.1) is 0 Å². The predicted octanol–water partition coefficient (Wildman–Crippen LogP) is 1.90. The molecule has 0 fully saturated rings. The normalized spacial score (nSPS) is 10.6. The van der Waals surface area contributed by atoms with Crippen molar-refractivity contribution in [3.05, 3.63) is 69.6 Å². The number of ether oxygens (including phenoxy) is 1. The molecule has 3 amide bonds. The molecule has 0 saturated heterocycles. The Kier molecular flexibility index (Phi) is 6.89. The zero-order chi connectivity index (χ0) is 23.3. The lowest BCUT2D eigenvalue weighted by atomic mass is 10.0. The number of hydrogen-bond acceptors (Lipinski definition) is 6. The molecule has 0 unspecified atom stereocenters. The van der Waals surface area contributed by atoms with E-state index in [2.05, 4.69) is 10.6 Å². The first-order valence-electron chi connectivity index (χ1n) is 9.85. The molecule has 0 aliphatic carbocycles. The van der Waals surface area contributed by atoms with Crippen molar-refractivity contribution in [2.75, 3.05) is 19.0 Å². The van der Waals surface area contributed by atoms with E-state index in [0.717, 1.165) is 10.9 Å². The first kappa shape index (κ1) is 22.5. The molecule has 9 heteroatoms. The van der Waals surface area contributed by atoms with Crippen LogP contribution in [0, 0.1) is 6.92 Å². The van der Waals surface area contributed by atoms with Crippen LogP contribution < -0.4 is 26.7 Å². The number of hydrogen-bond donors (Lipinski definition) is 3. The van der Waals surface area contributed by atoms with Crippen LogP contribution in [-0.4, -0.2) is 31.4 Å². The average molecular weight is 437 g/mol. The SMILES string of the molecule is COc1ccc2c(C)c(CCC(=O)Nc3cccc(C(=O)NCC(N)=O)c3)c(=O)oc2c1. The summed E-state index contributed by atoms with van der Waals surface area (Å²) in [4.78, 5) is 47.7. The van der Waals surface area contributed by atoms with Crippen molar-refractivity contribution in [3.8, 4) is 5.75 Å². The second kappa shape index (κ2) is 9.78. The highest BCUT2D eigenvalue weighted by atomic mass is 16.5. The molecule has 0 aliphatic heterocycles. The first-order chi connectivity index (χ1) is 15.3. The minimum absolute atomic E-state index is 0.0470. The number of benzene rings is 2. The van der Waals surface area contributed by atoms with Gasteiger partial charge in [0.1, 0.15) is 11.3 Å². The van der Waals surface area contributed by atoms with Crippen molar-refractivity contribution in [3.63, 3.8) is 0 Å². The van der Waals surface area contributed by atoms with Crippen molar-refractivity contribution in [2.45, 2.75) is 19.8 Å². The molecule has 0 saturated carbocycles. The fourth-order valence-corrected chi connectivity index (χ4v) is 3.26. The van der Waals surface area contributed by atoms with Gasteiger partial charge >= 0.3 is 5.63 Å². The molecule has 0 atom stereocenters. The van der Waals surface area contributed by atoms with Gasteiger partial charge in [-0.3, -0.25) is 14.4 Å². The van der Waals surface area contributed by atoms with E-state index in [1.54, 1.807) is 30.3 Å². The standard InChI is InChI=1S/C23H23N3O6/c1-13-17-7-6-16(31-2)11-19(17)32-23(30)18(13)8-9-21(28)26-15-5-3-4-14(10-15)22(29)25-12-20(24)27/h3-7,10-11H,8-9,12H2,1-2H3,(H2,24,27)(H,25,29)(H,26,28). The van der Waals surface area contributed by atoms with Gasteiger partial charge in [0.2, 0.25) is 11.8 Å². The van der Waals surface area contributed by atoms with Crippen LogP contribution in [-0.2, 0) is 16.0 Å². The Morgan fingerprint density at radius 3 is 2.62 bits per heavy atom. The molecule has 4 N–H and O–H groups in total. The molecular formula is C23H23N3O6. The number of rotatable bonds is 8. The molecule has 1 aromatic heterocycles. The van der Waals surface area contributed by atoms with Crippen LogP contribution in [0.25, 0.3) is 11.0 Å². The summed E-state index contributed by atoms with van der Waals surface area (Å²) < 4.78 is 10.6. The van der Waals surface area contributed by atoms with Crippen molar-refractivity contribution in [1.82, 2.24) is 5.32 Å². The number of methoxy groups -OCH3 is 1. The minimum atomic E-state index is -0.657. The number of amides is 3. The smallest absolute Gasteiger partial charge is 0.339 e. The molecule has 0 aliphatic rings. The van der Waals surface area contributed by atoms with Crippen molar-refractivity contribution >= 4 is 34.4 Å². The van der Waals surface area contributed by atoms with Crippen LogP contribution >= 0.6 is 0 Å². The maximum atomic E-state index is 12.4. The highest BCUT2D eigenvalue weighted by Crippen LogP contribution is 2.24. The second-order valence-corrected chi connectivity index (χ2v) is 7.13. The van der Waals surface area contributed by atoms with Gasteiger partial charge in [0, 0.05) is 34.7 Å². The van der Waals surface area contributed by atoms with E-state index >= 15 is 0 Å². The second-order valence-electron chi connectivity index (χ2n) is 7.13. The highest BCUT2D eigenvalue weighted by molar-refractivity contribution is 5.98. The molecule has 166 valence electrons. The third-order valence-corrected chi connectivity index (χ3v) is 4.93. The largest absolute Gasteiger partial charge is 0.497 e. The van der Waals surface area contributed by atoms with Crippen molar-refractivity contribution < 1.29 is 23.5 Å². The summed E-state index contributed by atoms with van der Waals surface area (Å²) in [5, 5.41) is 5.86. The number of nitrogens with one attached hydrogen (secondary N) is 2. The Balaban J connectivity index is 1.68. The van der Waals surface area contributed by atoms with Gasteiger partial charge in [-0.2, -0.15) is 0 Å². The lowest BCUT2D eigenvalue weighted by molar-refractivity contribution is -0.117. The quantitative estimate of drug-likeness (QED) is 0.460. The van der Waals surface area contributed by atoms with Crippen molar-refractivity contribution in [1.29, 1.82) is 0 Å². The summed E-state index contributed by atoms with van der Waals surface area (Å²) in [6, 6.07) is 11.5. The van der Waals surface area contributed by atoms with Gasteiger partial charge in [0.15, 0.2) is 0 Å². The zero-order valence-corrected chi connectivity index (χ0v) is 17.7. The fraction of sp³-hybridized carbons (Fsp3) is 0.217. The summed E-state index contributed by atoms with van der Waals surface area (Å²) >= 11 is 0. The molecule has 0 spiro atoms. The zero-order valence-electron chi connectivity index (χ0n) is 17.7. The van der Waals surface area contributed by atoms with Gasteiger partial charge in [-0.05, 0) is 49.2 Å². The van der Waals surface area contributed by atoms with Crippen LogP contribution in [0.15, 0.2) is 51.7 Å². The van der Waals surface area contributed by atoms with Gasteiger partial charge in [0.25, 0.3) is 5.91 Å². The molecule has 3 aromatic rings. The summed E-state index contributed by atoms with van der Waals surface area (Å²) in [7, 11) is 1.53. The third-order valence-electron chi connectivity index (χ3n) is 4.93. The number of nitrogens with two attached hydrogens (primary N) is 1. The van der Waals surface area contributed by atoms with Gasteiger partial charge in [-0.25, -0.2) is 4.79 Å². The number of carbonyl (C=O) groups excluding carboxylic acids is 3. The number of anilines is 1. The average Bonchev–Trinajstić information content (AvgIpc) is 2.77. The predicted molar refractivity (Wildman–Crippen MR) is 119 cm³/mol. The number of fused-ring (bicyclic) bond motifs is 1. The molecular weight excluding hydrogens is 414 g/mol. The lowest BCUT2D eigenvalue weighted by Crippen LogP contribution is -2.33. The monoisotopic (exact) mass is 437 g/mol. The van der Waals surface area contributed by atoms with Gasteiger partial charge in [0.05, 0.1) is 13.7 Å². The number of carbonyl (C=O) groups is 3. The van der Waals surface area contributed by atoms with Crippen molar-refractivity contribution in [2.24, 2.45) is 5.73 Å². The maximum Gasteiger partial charge on any atom is 0.339 e. The summed E-state index contributed by atoms with van der Waals surface area (Å²) in [6.45, 7) is 1.53. The van der Waals surface area contributed by atoms with E-state index in [1.165, 1.54) is 13.2 Å². The Morgan fingerprint density at radius 2 is 1.91 bits per heavy atom. The van der Waals surface area contributed by atoms with E-state index in [9.17, 15) is 19.2 Å². The summed E-state index contributed by atoms with van der Waals surface area (Å²) in [6.07, 6.45) is 0.242. The van der Waals surface area contributed by atoms with Crippen LogP contribution in [0.5, 0.6) is 5.75 Å². The molecule has 0 bridgehead atoms. The van der Waals surface area contributed by atoms with E-state index in [1.807, 2.05) is 13.0 Å². The minimum Gasteiger partial charge on any atom is -0.497 e. The topological polar surface area (TPSA) is 141 Å². The van der Waals surface area contributed by atoms with Crippen LogP contribution in [0.1, 0.15) is 27.9 Å². The Morgan fingerprint density at radius 1 is 1.12 bits per heavy atom. The van der Waals surface area contributed by atoms with Crippen LogP contribution in [0.3, 0.4) is 0 Å². The summed E-state index contributed by atoms with van der Waals surface area (Å²) in [5.41, 5.74) is 6.80. The molecule has 0 radical (unpaired) electrons. The molecule has 2 aromatic carbocycles. The number of primary amides is 1. The first-order valence-corrected chi connectivity index (χ1v) is 9.85. The van der Waals surface area contributed by atoms with E-state index < -0.39 is 17.4 Å². The molecule has 1 heterocycles.